The van der Waals surface area contributed by atoms with Crippen LogP contribution < -0.4 is 5.73 Å². The Labute approximate surface area is 118 Å². The van der Waals surface area contributed by atoms with E-state index in [4.69, 9.17) is 25.3 Å². The third-order valence-electron chi connectivity index (χ3n) is 3.01. The fourth-order valence-electron chi connectivity index (χ4n) is 1.62. The van der Waals surface area contributed by atoms with Crippen molar-refractivity contribution in [2.45, 2.75) is 30.8 Å². The van der Waals surface area contributed by atoms with Crippen molar-refractivity contribution >= 4 is 15.2 Å². The van der Waals surface area contributed by atoms with Gasteiger partial charge in [-0.2, -0.15) is 0 Å². The van der Waals surface area contributed by atoms with Gasteiger partial charge in [-0.05, 0) is 33.0 Å². The molecular weight excluding hydrogens is 310 g/mol. The van der Waals surface area contributed by atoms with Gasteiger partial charge in [0.05, 0.1) is 0 Å². The lowest BCUT2D eigenvalue weighted by Crippen LogP contribution is -2.34. The van der Waals surface area contributed by atoms with E-state index in [1.165, 1.54) is 0 Å². The van der Waals surface area contributed by atoms with E-state index in [1.807, 2.05) is 0 Å². The average molecular weight is 334 g/mol. The minimum absolute atomic E-state index is 0.0463. The molecule has 0 aliphatic heterocycles. The van der Waals surface area contributed by atoms with Gasteiger partial charge in [0.15, 0.2) is 0 Å². The summed E-state index contributed by atoms with van der Waals surface area (Å²) in [5, 5.41) is 6.35. The Bertz CT molecular complexity index is 358. The second-order valence-corrected chi connectivity index (χ2v) is 8.77. The summed E-state index contributed by atoms with van der Waals surface area (Å²) in [5.74, 6) is 0. The van der Waals surface area contributed by atoms with Crippen molar-refractivity contribution in [3.63, 3.8) is 0 Å². The zero-order valence-corrected chi connectivity index (χ0v) is 13.2. The van der Waals surface area contributed by atoms with Gasteiger partial charge < -0.3 is 35.3 Å². The van der Waals surface area contributed by atoms with E-state index in [0.29, 0.717) is 13.1 Å². The Morgan fingerprint density at radius 2 is 1.50 bits per heavy atom. The average Bonchev–Trinajstić information content (AvgIpc) is 2.28. The largest absolute Gasteiger partial charge is 0.369 e. The molecule has 122 valence electrons. The molecule has 11 heteroatoms. The molecule has 0 saturated heterocycles. The molecule has 20 heavy (non-hydrogen) atoms. The van der Waals surface area contributed by atoms with Crippen LogP contribution in [0.3, 0.4) is 0 Å². The van der Waals surface area contributed by atoms with Crippen molar-refractivity contribution in [2.24, 2.45) is 5.73 Å². The van der Waals surface area contributed by atoms with Crippen LogP contribution in [0.25, 0.3) is 0 Å². The molecule has 0 radical (unpaired) electrons. The van der Waals surface area contributed by atoms with Crippen LogP contribution in [0.2, 0.25) is 0 Å². The molecule has 0 aromatic carbocycles. The summed E-state index contributed by atoms with van der Waals surface area (Å²) >= 11 is 0. The SMILES string of the molecule is CN(CCCCCN)CCC(O)(P(=O)(O)O)P(=O)(O)O. The molecule has 0 fully saturated rings. The second-order valence-electron chi connectivity index (χ2n) is 4.77. The lowest BCUT2D eigenvalue weighted by Gasteiger charge is -2.30. The number of nitrogens with two attached hydrogens (primary N) is 1. The van der Waals surface area contributed by atoms with E-state index >= 15 is 0 Å². The summed E-state index contributed by atoms with van der Waals surface area (Å²) in [5.41, 5.74) is 5.34. The molecule has 9 nitrogen and oxygen atoms in total. The molecular formula is C9H24N2O7P2. The van der Waals surface area contributed by atoms with Crippen LogP contribution in [0.4, 0.5) is 0 Å². The third kappa shape index (κ3) is 5.89. The van der Waals surface area contributed by atoms with Gasteiger partial charge in [-0.3, -0.25) is 9.13 Å². The summed E-state index contributed by atoms with van der Waals surface area (Å²) in [6.45, 7) is 1.12. The first-order chi connectivity index (χ1) is 8.95. The monoisotopic (exact) mass is 334 g/mol. The highest BCUT2D eigenvalue weighted by Gasteiger charge is 2.58. The maximum absolute atomic E-state index is 11.1. The van der Waals surface area contributed by atoms with Gasteiger partial charge >= 0.3 is 15.2 Å². The molecule has 0 spiro atoms. The van der Waals surface area contributed by atoms with E-state index in [0.717, 1.165) is 19.3 Å². The molecule has 0 heterocycles. The van der Waals surface area contributed by atoms with Crippen molar-refractivity contribution in [1.82, 2.24) is 4.90 Å². The van der Waals surface area contributed by atoms with Gasteiger partial charge in [0.25, 0.3) is 5.08 Å². The van der Waals surface area contributed by atoms with Gasteiger partial charge in [-0.25, -0.2) is 0 Å². The fourth-order valence-corrected chi connectivity index (χ4v) is 3.76. The van der Waals surface area contributed by atoms with E-state index in [1.54, 1.807) is 11.9 Å². The van der Waals surface area contributed by atoms with Gasteiger partial charge in [0.2, 0.25) is 0 Å². The Kier molecular flexibility index (Phi) is 8.05. The van der Waals surface area contributed by atoms with Crippen LogP contribution in [0.1, 0.15) is 25.7 Å². The van der Waals surface area contributed by atoms with Crippen LogP contribution in [0.15, 0.2) is 0 Å². The molecule has 0 aromatic heterocycles. The smallest absolute Gasteiger partial charge is 0.367 e. The van der Waals surface area contributed by atoms with Crippen LogP contribution in [0, 0.1) is 0 Å². The third-order valence-corrected chi connectivity index (χ3v) is 6.88. The van der Waals surface area contributed by atoms with Crippen molar-refractivity contribution in [3.05, 3.63) is 0 Å². The number of nitrogens with zero attached hydrogens (tertiary/aromatic N) is 1. The number of unbranched alkanes of at least 4 members (excludes halogenated alkanes) is 2. The Morgan fingerprint density at radius 1 is 1.00 bits per heavy atom. The molecule has 7 N–H and O–H groups in total. The Balaban J connectivity index is 4.51. The number of aliphatic hydroxyl groups is 1. The first-order valence-electron chi connectivity index (χ1n) is 6.18. The molecule has 0 aromatic rings. The van der Waals surface area contributed by atoms with E-state index in [-0.39, 0.29) is 6.54 Å². The van der Waals surface area contributed by atoms with Gasteiger partial charge in [-0.1, -0.05) is 6.42 Å². The van der Waals surface area contributed by atoms with Gasteiger partial charge in [-0.15, -0.1) is 0 Å². The number of rotatable bonds is 10. The van der Waals surface area contributed by atoms with E-state index in [2.05, 4.69) is 0 Å². The van der Waals surface area contributed by atoms with Gasteiger partial charge in [0.1, 0.15) is 0 Å². The standard InChI is InChI=1S/C9H24N2O7P2/c1-11(7-4-2-3-6-10)8-5-9(12,19(13,14)15)20(16,17)18/h12H,2-8,10H2,1H3,(H2,13,14,15)(H2,16,17,18). The molecule has 0 bridgehead atoms. The highest BCUT2D eigenvalue weighted by atomic mass is 31.2. The summed E-state index contributed by atoms with van der Waals surface area (Å²) in [4.78, 5) is 37.5. The minimum Gasteiger partial charge on any atom is -0.367 e. The predicted octanol–water partition coefficient (Wildman–Crippen LogP) is -0.561. The Hall–Kier alpha value is 0.180. The zero-order valence-electron chi connectivity index (χ0n) is 11.4. The molecule has 0 unspecified atom stereocenters. The molecule has 0 aliphatic rings. The van der Waals surface area contributed by atoms with Crippen LogP contribution in [0.5, 0.6) is 0 Å². The van der Waals surface area contributed by atoms with E-state index < -0.39 is 26.7 Å². The first kappa shape index (κ1) is 20.2. The summed E-state index contributed by atoms with van der Waals surface area (Å²) in [6, 6.07) is 0. The molecule has 0 amide bonds. The Morgan fingerprint density at radius 3 is 1.90 bits per heavy atom. The van der Waals surface area contributed by atoms with Crippen molar-refractivity contribution in [3.8, 4) is 0 Å². The lowest BCUT2D eigenvalue weighted by atomic mass is 10.2. The summed E-state index contributed by atoms with van der Waals surface area (Å²) in [7, 11) is -9.06. The number of hydrogen-bond acceptors (Lipinski definition) is 5. The molecule has 0 atom stereocenters. The number of hydrogen-bond donors (Lipinski definition) is 6. The molecule has 0 saturated carbocycles. The fraction of sp³-hybridized carbons (Fsp3) is 1.00. The highest BCUT2D eigenvalue weighted by molar-refractivity contribution is 7.72. The quantitative estimate of drug-likeness (QED) is 0.227. The topological polar surface area (TPSA) is 165 Å². The van der Waals surface area contributed by atoms with Crippen LogP contribution >= 0.6 is 15.2 Å². The minimum atomic E-state index is -5.35. The van der Waals surface area contributed by atoms with Crippen molar-refractivity contribution < 1.29 is 33.8 Å². The maximum atomic E-state index is 11.1. The molecule has 0 rings (SSSR count). The van der Waals surface area contributed by atoms with Gasteiger partial charge in [0, 0.05) is 13.0 Å². The normalized spacial score (nSPS) is 14.0. The maximum Gasteiger partial charge on any atom is 0.369 e. The highest BCUT2D eigenvalue weighted by Crippen LogP contribution is 2.68. The lowest BCUT2D eigenvalue weighted by molar-refractivity contribution is 0.112. The predicted molar refractivity (Wildman–Crippen MR) is 74.1 cm³/mol. The summed E-state index contributed by atoms with van der Waals surface area (Å²) < 4.78 is 22.3. The van der Waals surface area contributed by atoms with E-state index in [9.17, 15) is 14.2 Å². The van der Waals surface area contributed by atoms with Crippen molar-refractivity contribution in [2.75, 3.05) is 26.7 Å². The molecule has 0 aliphatic carbocycles. The van der Waals surface area contributed by atoms with Crippen LogP contribution in [-0.4, -0.2) is 61.3 Å². The second kappa shape index (κ2) is 7.98. The zero-order chi connectivity index (χ0) is 16.0. The summed E-state index contributed by atoms with van der Waals surface area (Å²) in [6.07, 6.45) is 1.84. The first-order valence-corrected chi connectivity index (χ1v) is 9.40. The van der Waals surface area contributed by atoms with Crippen molar-refractivity contribution in [1.29, 1.82) is 0 Å². The van der Waals surface area contributed by atoms with Crippen LogP contribution in [-0.2, 0) is 9.13 Å².